The second-order valence-electron chi connectivity index (χ2n) is 9.62. The molecule has 1 fully saturated rings. The van der Waals surface area contributed by atoms with Crippen LogP contribution in [0, 0.1) is 5.82 Å². The number of carbonyl (C=O) groups is 1. The average Bonchev–Trinajstić information content (AvgIpc) is 3.36. The number of allylic oxidation sites excluding steroid dienone is 1. The van der Waals surface area contributed by atoms with Crippen LogP contribution in [0.4, 0.5) is 4.39 Å². The van der Waals surface area contributed by atoms with E-state index in [2.05, 4.69) is 21.9 Å². The van der Waals surface area contributed by atoms with Crippen molar-refractivity contribution in [3.63, 3.8) is 0 Å². The van der Waals surface area contributed by atoms with Crippen LogP contribution in [0.1, 0.15) is 36.6 Å². The third kappa shape index (κ3) is 6.19. The lowest BCUT2D eigenvalue weighted by molar-refractivity contribution is -0.115. The number of nitrogens with zero attached hydrogens (tertiary/aromatic N) is 4. The van der Waals surface area contributed by atoms with Gasteiger partial charge in [0.05, 0.1) is 22.5 Å². The molecule has 1 amide bonds. The molecule has 39 heavy (non-hydrogen) atoms. The predicted molar refractivity (Wildman–Crippen MR) is 151 cm³/mol. The summed E-state index contributed by atoms with van der Waals surface area (Å²) < 4.78 is 42.8. The van der Waals surface area contributed by atoms with Crippen molar-refractivity contribution in [3.8, 4) is 5.69 Å². The van der Waals surface area contributed by atoms with E-state index in [0.717, 1.165) is 31.5 Å². The van der Waals surface area contributed by atoms with Crippen LogP contribution in [0.15, 0.2) is 72.3 Å². The molecule has 206 valence electrons. The number of hydrogen-bond acceptors (Lipinski definition) is 5. The largest absolute Gasteiger partial charge is 0.348 e. The lowest BCUT2D eigenvalue weighted by Gasteiger charge is -2.34. The van der Waals surface area contributed by atoms with E-state index in [1.807, 2.05) is 7.05 Å². The van der Waals surface area contributed by atoms with Crippen molar-refractivity contribution < 1.29 is 17.6 Å². The monoisotopic (exact) mass is 551 g/mol. The molecule has 0 bridgehead atoms. The number of benzene rings is 2. The molecule has 0 spiro atoms. The molecular weight excluding hydrogens is 517 g/mol. The summed E-state index contributed by atoms with van der Waals surface area (Å²) in [5, 5.41) is 7.28. The van der Waals surface area contributed by atoms with Gasteiger partial charge in [0.1, 0.15) is 5.82 Å². The number of amides is 1. The van der Waals surface area contributed by atoms with Gasteiger partial charge in [-0.05, 0) is 87.9 Å². The van der Waals surface area contributed by atoms with Gasteiger partial charge < -0.3 is 10.2 Å². The Morgan fingerprint density at radius 3 is 2.38 bits per heavy atom. The minimum Gasteiger partial charge on any atom is -0.348 e. The van der Waals surface area contributed by atoms with Gasteiger partial charge in [0.2, 0.25) is 10.0 Å². The number of piperidine rings is 1. The number of hydrogen-bond donors (Lipinski definition) is 1. The molecule has 0 aliphatic carbocycles. The first-order valence-corrected chi connectivity index (χ1v) is 14.3. The third-order valence-corrected chi connectivity index (χ3v) is 9.07. The summed E-state index contributed by atoms with van der Waals surface area (Å²) in [5.41, 5.74) is 3.02. The van der Waals surface area contributed by atoms with Gasteiger partial charge in [0.25, 0.3) is 5.91 Å². The molecule has 0 saturated carbocycles. The summed E-state index contributed by atoms with van der Waals surface area (Å²) >= 11 is 0. The SMILES string of the molecule is C=Cc1c(/C(=C\C)C(=O)NCc2ccc(S(=O)(=O)N(C)C3CCN(C)CC3)cc2)cnn1-c1ccc(F)cc1. The van der Waals surface area contributed by atoms with Crippen molar-refractivity contribution in [3.05, 3.63) is 90.0 Å². The van der Waals surface area contributed by atoms with Crippen LogP contribution in [0.3, 0.4) is 0 Å². The second kappa shape index (κ2) is 12.1. The van der Waals surface area contributed by atoms with E-state index in [1.54, 1.807) is 73.4 Å². The van der Waals surface area contributed by atoms with Crippen LogP contribution in [0.2, 0.25) is 0 Å². The first-order valence-electron chi connectivity index (χ1n) is 12.8. The standard InChI is InChI=1S/C29H34FN5O3S/c1-5-26(27-20-32-35(28(27)6-2)24-11-9-22(30)10-12-24)29(36)31-19-21-7-13-25(14-8-21)39(37,38)34(4)23-15-17-33(3)18-16-23/h5-14,20,23H,2,15-19H2,1,3-4H3,(H,31,36)/b26-5+. The van der Waals surface area contributed by atoms with E-state index in [9.17, 15) is 17.6 Å². The number of halogens is 1. The lowest BCUT2D eigenvalue weighted by atomic mass is 10.1. The van der Waals surface area contributed by atoms with Crippen molar-refractivity contribution >= 4 is 27.6 Å². The minimum atomic E-state index is -3.61. The molecule has 1 N–H and O–H groups in total. The first kappa shape index (κ1) is 28.4. The molecule has 8 nitrogen and oxygen atoms in total. The van der Waals surface area contributed by atoms with Crippen molar-refractivity contribution in [2.24, 2.45) is 0 Å². The van der Waals surface area contributed by atoms with E-state index in [4.69, 9.17) is 0 Å². The highest BCUT2D eigenvalue weighted by molar-refractivity contribution is 7.89. The highest BCUT2D eigenvalue weighted by atomic mass is 32.2. The van der Waals surface area contributed by atoms with Crippen LogP contribution >= 0.6 is 0 Å². The quantitative estimate of drug-likeness (QED) is 0.405. The van der Waals surface area contributed by atoms with Gasteiger partial charge in [-0.15, -0.1) is 0 Å². The Hall–Kier alpha value is -3.60. The van der Waals surface area contributed by atoms with E-state index < -0.39 is 10.0 Å². The Bertz CT molecular complexity index is 1460. The number of nitrogens with one attached hydrogen (secondary N) is 1. The Kier molecular flexibility index (Phi) is 8.79. The van der Waals surface area contributed by atoms with Crippen molar-refractivity contribution in [1.29, 1.82) is 0 Å². The average molecular weight is 552 g/mol. The fourth-order valence-electron chi connectivity index (χ4n) is 4.74. The second-order valence-corrected chi connectivity index (χ2v) is 11.6. The van der Waals surface area contributed by atoms with Crippen LogP contribution in [0.25, 0.3) is 17.3 Å². The maximum atomic E-state index is 13.4. The molecule has 1 aromatic heterocycles. The van der Waals surface area contributed by atoms with E-state index in [0.29, 0.717) is 22.5 Å². The molecule has 10 heteroatoms. The Balaban J connectivity index is 1.43. The number of aromatic nitrogens is 2. The van der Waals surface area contributed by atoms with Gasteiger partial charge >= 0.3 is 0 Å². The molecule has 0 radical (unpaired) electrons. The fraction of sp³-hybridized carbons (Fsp3) is 0.310. The Morgan fingerprint density at radius 1 is 1.15 bits per heavy atom. The normalized spacial score (nSPS) is 15.5. The van der Waals surface area contributed by atoms with E-state index in [-0.39, 0.29) is 29.2 Å². The molecule has 4 rings (SSSR count). The zero-order chi connectivity index (χ0) is 28.2. The maximum absolute atomic E-state index is 13.4. The fourth-order valence-corrected chi connectivity index (χ4v) is 6.15. The van der Waals surface area contributed by atoms with Crippen LogP contribution in [0.5, 0.6) is 0 Å². The minimum absolute atomic E-state index is 0.0164. The van der Waals surface area contributed by atoms with Gasteiger partial charge in [-0.1, -0.05) is 24.8 Å². The maximum Gasteiger partial charge on any atom is 0.251 e. The summed E-state index contributed by atoms with van der Waals surface area (Å²) in [6.45, 7) is 7.59. The van der Waals surface area contributed by atoms with Crippen LogP contribution in [-0.4, -0.2) is 66.5 Å². The van der Waals surface area contributed by atoms with Gasteiger partial charge in [0.15, 0.2) is 0 Å². The molecular formula is C29H34FN5O3S. The van der Waals surface area contributed by atoms with E-state index >= 15 is 0 Å². The Labute approximate surface area is 229 Å². The number of rotatable bonds is 9. The molecule has 2 heterocycles. The van der Waals surface area contributed by atoms with Gasteiger partial charge in [-0.25, -0.2) is 17.5 Å². The molecule has 0 atom stereocenters. The van der Waals surface area contributed by atoms with E-state index in [1.165, 1.54) is 16.4 Å². The summed E-state index contributed by atoms with van der Waals surface area (Å²) in [7, 11) is 0.0797. The predicted octanol–water partition coefficient (Wildman–Crippen LogP) is 4.09. The highest BCUT2D eigenvalue weighted by Crippen LogP contribution is 2.25. The van der Waals surface area contributed by atoms with Crippen LogP contribution < -0.4 is 5.32 Å². The summed E-state index contributed by atoms with van der Waals surface area (Å²) in [5.74, 6) is -0.660. The van der Waals surface area contributed by atoms with Crippen LogP contribution in [-0.2, 0) is 21.4 Å². The van der Waals surface area contributed by atoms with Crippen molar-refractivity contribution in [1.82, 2.24) is 24.3 Å². The highest BCUT2D eigenvalue weighted by Gasteiger charge is 2.30. The first-order chi connectivity index (χ1) is 18.6. The van der Waals surface area contributed by atoms with Crippen molar-refractivity contribution in [2.75, 3.05) is 27.2 Å². The Morgan fingerprint density at radius 2 is 1.79 bits per heavy atom. The smallest absolute Gasteiger partial charge is 0.251 e. The molecule has 1 aliphatic heterocycles. The third-order valence-electron chi connectivity index (χ3n) is 7.15. The molecule has 0 unspecified atom stereocenters. The number of sulfonamides is 1. The molecule has 2 aromatic carbocycles. The molecule has 3 aromatic rings. The van der Waals surface area contributed by atoms with Gasteiger partial charge in [0, 0.05) is 30.8 Å². The van der Waals surface area contributed by atoms with Gasteiger partial charge in [-0.2, -0.15) is 9.40 Å². The zero-order valence-corrected chi connectivity index (χ0v) is 23.3. The summed E-state index contributed by atoms with van der Waals surface area (Å²) in [6, 6.07) is 12.5. The molecule has 1 saturated heterocycles. The molecule has 1 aliphatic rings. The van der Waals surface area contributed by atoms with Gasteiger partial charge in [-0.3, -0.25) is 4.79 Å². The lowest BCUT2D eigenvalue weighted by Crippen LogP contribution is -2.44. The zero-order valence-electron chi connectivity index (χ0n) is 22.5. The van der Waals surface area contributed by atoms with Crippen molar-refractivity contribution in [2.45, 2.75) is 37.2 Å². The number of carbonyl (C=O) groups excluding carboxylic acids is 1. The summed E-state index contributed by atoms with van der Waals surface area (Å²) in [4.78, 5) is 15.6. The number of likely N-dealkylation sites (tertiary alicyclic amines) is 1. The topological polar surface area (TPSA) is 87.5 Å². The summed E-state index contributed by atoms with van der Waals surface area (Å²) in [6.07, 6.45) is 6.49.